The quantitative estimate of drug-likeness (QED) is 0.899. The molecule has 2 aromatic heterocycles. The van der Waals surface area contributed by atoms with Crippen LogP contribution in [0.5, 0.6) is 5.75 Å². The molecule has 1 N–H and O–H groups in total. The predicted molar refractivity (Wildman–Crippen MR) is 71.0 cm³/mol. The van der Waals surface area contributed by atoms with Gasteiger partial charge in [0.15, 0.2) is 0 Å². The lowest BCUT2D eigenvalue weighted by Crippen LogP contribution is -2.33. The molecule has 1 amide bonds. The Hall–Kier alpha value is -1.88. The normalized spacial score (nSPS) is 11.8. The zero-order valence-corrected chi connectivity index (χ0v) is 10.8. The van der Waals surface area contributed by atoms with Crippen LogP contribution in [0, 0.1) is 0 Å². The van der Waals surface area contributed by atoms with Crippen molar-refractivity contribution >= 4 is 17.2 Å². The maximum absolute atomic E-state index is 11.7. The van der Waals surface area contributed by atoms with Gasteiger partial charge in [0.05, 0.1) is 12.7 Å². The summed E-state index contributed by atoms with van der Waals surface area (Å²) in [5.74, 6) is 0.632. The third-order valence-electron chi connectivity index (χ3n) is 2.31. The van der Waals surface area contributed by atoms with Gasteiger partial charge in [0.1, 0.15) is 11.9 Å². The molecule has 5 heteroatoms. The van der Waals surface area contributed by atoms with Crippen molar-refractivity contribution in [2.75, 3.05) is 6.54 Å². The second-order valence-electron chi connectivity index (χ2n) is 3.84. The molecule has 0 saturated heterocycles. The SMILES string of the molecule is CC(CNC(=O)c1ccsc1)Oc1cccnc1. The zero-order valence-electron chi connectivity index (χ0n) is 10.00. The standard InChI is InChI=1S/C13H14N2O2S/c1-10(17-12-3-2-5-14-8-12)7-15-13(16)11-4-6-18-9-11/h2-6,8-10H,7H2,1H3,(H,15,16). The van der Waals surface area contributed by atoms with E-state index in [9.17, 15) is 4.79 Å². The van der Waals surface area contributed by atoms with E-state index in [1.54, 1.807) is 18.5 Å². The monoisotopic (exact) mass is 262 g/mol. The summed E-state index contributed by atoms with van der Waals surface area (Å²) in [7, 11) is 0. The molecule has 2 aromatic rings. The number of nitrogens with one attached hydrogen (secondary N) is 1. The Morgan fingerprint density at radius 1 is 1.56 bits per heavy atom. The number of carbonyl (C=O) groups is 1. The number of aromatic nitrogens is 1. The molecule has 94 valence electrons. The van der Waals surface area contributed by atoms with Crippen molar-refractivity contribution in [1.29, 1.82) is 0 Å². The first-order valence-corrected chi connectivity index (χ1v) is 6.57. The highest BCUT2D eigenvalue weighted by Gasteiger charge is 2.09. The smallest absolute Gasteiger partial charge is 0.252 e. The number of thiophene rings is 1. The molecule has 4 nitrogen and oxygen atoms in total. The zero-order chi connectivity index (χ0) is 12.8. The van der Waals surface area contributed by atoms with E-state index >= 15 is 0 Å². The van der Waals surface area contributed by atoms with E-state index in [4.69, 9.17) is 4.74 Å². The van der Waals surface area contributed by atoms with Crippen molar-refractivity contribution in [2.24, 2.45) is 0 Å². The third kappa shape index (κ3) is 3.56. The molecule has 0 bridgehead atoms. The third-order valence-corrected chi connectivity index (χ3v) is 2.99. The molecular weight excluding hydrogens is 248 g/mol. The number of hydrogen-bond donors (Lipinski definition) is 1. The Balaban J connectivity index is 1.78. The van der Waals surface area contributed by atoms with Crippen LogP contribution in [-0.4, -0.2) is 23.5 Å². The Morgan fingerprint density at radius 3 is 3.11 bits per heavy atom. The predicted octanol–water partition coefficient (Wildman–Crippen LogP) is 2.34. The van der Waals surface area contributed by atoms with Crippen LogP contribution in [0.2, 0.25) is 0 Å². The second kappa shape index (κ2) is 6.16. The van der Waals surface area contributed by atoms with Crippen LogP contribution >= 0.6 is 11.3 Å². The van der Waals surface area contributed by atoms with Crippen LogP contribution in [0.15, 0.2) is 41.4 Å². The van der Waals surface area contributed by atoms with Gasteiger partial charge < -0.3 is 10.1 Å². The first kappa shape index (κ1) is 12.6. The molecule has 0 fully saturated rings. The summed E-state index contributed by atoms with van der Waals surface area (Å²) in [6.45, 7) is 2.37. The molecule has 0 aliphatic rings. The molecule has 0 aromatic carbocycles. The lowest BCUT2D eigenvalue weighted by Gasteiger charge is -2.14. The van der Waals surface area contributed by atoms with Crippen molar-refractivity contribution in [3.05, 3.63) is 46.9 Å². The van der Waals surface area contributed by atoms with Gasteiger partial charge in [-0.25, -0.2) is 0 Å². The molecule has 0 radical (unpaired) electrons. The molecule has 2 heterocycles. The maximum atomic E-state index is 11.7. The van der Waals surface area contributed by atoms with Gasteiger partial charge in [0, 0.05) is 17.1 Å². The fourth-order valence-electron chi connectivity index (χ4n) is 1.42. The highest BCUT2D eigenvalue weighted by molar-refractivity contribution is 7.08. The molecule has 0 aliphatic heterocycles. The molecule has 0 aliphatic carbocycles. The minimum Gasteiger partial charge on any atom is -0.487 e. The van der Waals surface area contributed by atoms with E-state index in [2.05, 4.69) is 10.3 Å². The van der Waals surface area contributed by atoms with Crippen molar-refractivity contribution < 1.29 is 9.53 Å². The van der Waals surface area contributed by atoms with Crippen LogP contribution in [0.4, 0.5) is 0 Å². The number of rotatable bonds is 5. The van der Waals surface area contributed by atoms with Crippen LogP contribution in [0.3, 0.4) is 0 Å². The van der Waals surface area contributed by atoms with Gasteiger partial charge in [-0.1, -0.05) is 0 Å². The van der Waals surface area contributed by atoms with Gasteiger partial charge in [-0.05, 0) is 30.5 Å². The van der Waals surface area contributed by atoms with Gasteiger partial charge in [-0.15, -0.1) is 0 Å². The first-order chi connectivity index (χ1) is 8.75. The average molecular weight is 262 g/mol. The molecule has 0 saturated carbocycles. The number of pyridine rings is 1. The number of carbonyl (C=O) groups excluding carboxylic acids is 1. The summed E-state index contributed by atoms with van der Waals surface area (Å²) in [5, 5.41) is 6.53. The summed E-state index contributed by atoms with van der Waals surface area (Å²) in [5.41, 5.74) is 0.688. The van der Waals surface area contributed by atoms with E-state index in [0.29, 0.717) is 17.9 Å². The van der Waals surface area contributed by atoms with Crippen LogP contribution in [0.25, 0.3) is 0 Å². The van der Waals surface area contributed by atoms with Gasteiger partial charge >= 0.3 is 0 Å². The highest BCUT2D eigenvalue weighted by atomic mass is 32.1. The van der Waals surface area contributed by atoms with Crippen LogP contribution < -0.4 is 10.1 Å². The largest absolute Gasteiger partial charge is 0.487 e. The number of nitrogens with zero attached hydrogens (tertiary/aromatic N) is 1. The number of hydrogen-bond acceptors (Lipinski definition) is 4. The van der Waals surface area contributed by atoms with Gasteiger partial charge in [0.2, 0.25) is 0 Å². The Kier molecular flexibility index (Phi) is 4.30. The minimum absolute atomic E-state index is 0.0714. The summed E-state index contributed by atoms with van der Waals surface area (Å²) < 4.78 is 5.61. The molecule has 1 unspecified atom stereocenters. The Bertz CT molecular complexity index is 485. The summed E-state index contributed by atoms with van der Waals surface area (Å²) in [6, 6.07) is 5.45. The second-order valence-corrected chi connectivity index (χ2v) is 4.62. The molecule has 18 heavy (non-hydrogen) atoms. The number of amides is 1. The van der Waals surface area contributed by atoms with Crippen LogP contribution in [-0.2, 0) is 0 Å². The summed E-state index contributed by atoms with van der Waals surface area (Å²) >= 11 is 1.50. The van der Waals surface area contributed by atoms with Crippen molar-refractivity contribution in [3.8, 4) is 5.75 Å². The average Bonchev–Trinajstić information content (AvgIpc) is 2.91. The van der Waals surface area contributed by atoms with E-state index in [1.165, 1.54) is 11.3 Å². The minimum atomic E-state index is -0.100. The lowest BCUT2D eigenvalue weighted by molar-refractivity contribution is 0.0932. The number of ether oxygens (including phenoxy) is 1. The van der Waals surface area contributed by atoms with Crippen molar-refractivity contribution in [2.45, 2.75) is 13.0 Å². The van der Waals surface area contributed by atoms with Gasteiger partial charge in [-0.2, -0.15) is 11.3 Å². The van der Waals surface area contributed by atoms with Gasteiger partial charge in [0.25, 0.3) is 5.91 Å². The highest BCUT2D eigenvalue weighted by Crippen LogP contribution is 2.09. The fraction of sp³-hybridized carbons (Fsp3) is 0.231. The van der Waals surface area contributed by atoms with E-state index in [0.717, 1.165) is 0 Å². The molecule has 0 spiro atoms. The molecular formula is C13H14N2O2S. The molecule has 1 atom stereocenters. The van der Waals surface area contributed by atoms with Crippen LogP contribution in [0.1, 0.15) is 17.3 Å². The lowest BCUT2D eigenvalue weighted by atomic mass is 10.3. The topological polar surface area (TPSA) is 51.2 Å². The Labute approximate surface area is 110 Å². The maximum Gasteiger partial charge on any atom is 0.252 e. The van der Waals surface area contributed by atoms with E-state index in [-0.39, 0.29) is 12.0 Å². The first-order valence-electron chi connectivity index (χ1n) is 5.63. The summed E-state index contributed by atoms with van der Waals surface area (Å²) in [6.07, 6.45) is 3.24. The van der Waals surface area contributed by atoms with E-state index in [1.807, 2.05) is 29.8 Å². The fourth-order valence-corrected chi connectivity index (χ4v) is 2.06. The molecule has 2 rings (SSSR count). The summed E-state index contributed by atoms with van der Waals surface area (Å²) in [4.78, 5) is 15.7. The Morgan fingerprint density at radius 2 is 2.44 bits per heavy atom. The van der Waals surface area contributed by atoms with Gasteiger partial charge in [-0.3, -0.25) is 9.78 Å². The van der Waals surface area contributed by atoms with E-state index < -0.39 is 0 Å². The van der Waals surface area contributed by atoms with Crippen molar-refractivity contribution in [1.82, 2.24) is 10.3 Å². The van der Waals surface area contributed by atoms with Crippen molar-refractivity contribution in [3.63, 3.8) is 0 Å².